The number of hydrogen-bond acceptors (Lipinski definition) is 5. The van der Waals surface area contributed by atoms with Gasteiger partial charge in [-0.1, -0.05) is 11.6 Å². The summed E-state index contributed by atoms with van der Waals surface area (Å²) in [7, 11) is 0. The smallest absolute Gasteiger partial charge is 0.337 e. The topological polar surface area (TPSA) is 77.9 Å². The first kappa shape index (κ1) is 13.5. The number of hydrogen-bond donors (Lipinski definition) is 1. The number of aromatic carboxylic acids is 1. The first-order chi connectivity index (χ1) is 10.1. The number of carbonyl (C=O) groups is 1. The molecule has 2 heterocycles. The second-order valence-corrected chi connectivity index (χ2v) is 4.72. The van der Waals surface area contributed by atoms with Crippen molar-refractivity contribution in [3.05, 3.63) is 46.7 Å². The Labute approximate surface area is 124 Å². The van der Waals surface area contributed by atoms with Gasteiger partial charge in [0.05, 0.1) is 16.8 Å². The molecule has 3 rings (SSSR count). The largest absolute Gasteiger partial charge is 0.487 e. The van der Waals surface area contributed by atoms with Gasteiger partial charge in [0.15, 0.2) is 11.5 Å². The minimum atomic E-state index is -1.06. The van der Waals surface area contributed by atoms with E-state index in [-0.39, 0.29) is 19.0 Å². The Morgan fingerprint density at radius 2 is 2.19 bits per heavy atom. The number of aromatic nitrogens is 1. The van der Waals surface area contributed by atoms with Gasteiger partial charge in [-0.3, -0.25) is 4.98 Å². The fraction of sp³-hybridized carbons (Fsp3) is 0.143. The molecule has 0 atom stereocenters. The zero-order valence-electron chi connectivity index (χ0n) is 10.7. The zero-order chi connectivity index (χ0) is 14.8. The van der Waals surface area contributed by atoms with Crippen LogP contribution in [0.15, 0.2) is 30.6 Å². The summed E-state index contributed by atoms with van der Waals surface area (Å²) in [6, 6.07) is 4.89. The van der Waals surface area contributed by atoms with E-state index in [4.69, 9.17) is 30.9 Å². The highest BCUT2D eigenvalue weighted by Crippen LogP contribution is 2.39. The van der Waals surface area contributed by atoms with Crippen molar-refractivity contribution in [1.82, 2.24) is 4.98 Å². The van der Waals surface area contributed by atoms with Crippen molar-refractivity contribution in [2.24, 2.45) is 0 Å². The van der Waals surface area contributed by atoms with Crippen molar-refractivity contribution in [1.29, 1.82) is 0 Å². The van der Waals surface area contributed by atoms with Gasteiger partial charge >= 0.3 is 5.97 Å². The van der Waals surface area contributed by atoms with Crippen molar-refractivity contribution in [3.63, 3.8) is 0 Å². The number of fused-ring (bicyclic) bond motifs is 1. The minimum absolute atomic E-state index is 0.0659. The summed E-state index contributed by atoms with van der Waals surface area (Å²) in [5.74, 6) is 0.399. The zero-order valence-corrected chi connectivity index (χ0v) is 11.5. The van der Waals surface area contributed by atoms with Crippen LogP contribution in [0.4, 0.5) is 0 Å². The molecular weight excluding hydrogens is 298 g/mol. The molecule has 1 aromatic heterocycles. The van der Waals surface area contributed by atoms with E-state index in [0.717, 1.165) is 5.56 Å². The monoisotopic (exact) mass is 307 g/mol. The van der Waals surface area contributed by atoms with Gasteiger partial charge in [-0.05, 0) is 23.8 Å². The molecule has 0 radical (unpaired) electrons. The Kier molecular flexibility index (Phi) is 3.53. The van der Waals surface area contributed by atoms with Crippen LogP contribution in [0.5, 0.6) is 17.2 Å². The van der Waals surface area contributed by atoms with Crippen LogP contribution in [0.1, 0.15) is 15.9 Å². The molecule has 1 aliphatic heterocycles. The number of nitrogens with zero attached hydrogens (tertiary/aromatic N) is 1. The Hall–Kier alpha value is -2.47. The van der Waals surface area contributed by atoms with Crippen molar-refractivity contribution >= 4 is 17.6 Å². The minimum Gasteiger partial charge on any atom is -0.487 e. The van der Waals surface area contributed by atoms with Gasteiger partial charge in [-0.2, -0.15) is 0 Å². The first-order valence-electron chi connectivity index (χ1n) is 6.02. The maximum atomic E-state index is 10.9. The molecule has 7 heteroatoms. The van der Waals surface area contributed by atoms with Crippen LogP contribution in [-0.4, -0.2) is 22.9 Å². The number of rotatable bonds is 4. The van der Waals surface area contributed by atoms with Crippen molar-refractivity contribution < 1.29 is 24.1 Å². The van der Waals surface area contributed by atoms with Gasteiger partial charge in [0.1, 0.15) is 12.4 Å². The maximum absolute atomic E-state index is 10.9. The summed E-state index contributed by atoms with van der Waals surface area (Å²) in [5.41, 5.74) is 0.848. The molecule has 21 heavy (non-hydrogen) atoms. The van der Waals surface area contributed by atoms with Gasteiger partial charge in [0.2, 0.25) is 6.79 Å². The number of carboxylic acid groups (broad SMARTS) is 1. The van der Waals surface area contributed by atoms with E-state index in [0.29, 0.717) is 22.3 Å². The number of pyridine rings is 1. The lowest BCUT2D eigenvalue weighted by Gasteiger charge is -2.08. The van der Waals surface area contributed by atoms with Crippen LogP contribution in [-0.2, 0) is 6.61 Å². The second-order valence-electron chi connectivity index (χ2n) is 4.31. The molecule has 1 N–H and O–H groups in total. The summed E-state index contributed by atoms with van der Waals surface area (Å²) >= 11 is 6.07. The number of benzene rings is 1. The van der Waals surface area contributed by atoms with E-state index in [9.17, 15) is 4.79 Å². The van der Waals surface area contributed by atoms with Crippen molar-refractivity contribution in [2.75, 3.05) is 6.79 Å². The molecular formula is C14H10ClNO5. The molecule has 2 aromatic rings. The second kappa shape index (κ2) is 5.49. The molecule has 108 valence electrons. The Morgan fingerprint density at radius 3 is 3.00 bits per heavy atom. The predicted molar refractivity (Wildman–Crippen MR) is 73.1 cm³/mol. The Morgan fingerprint density at radius 1 is 1.33 bits per heavy atom. The average molecular weight is 308 g/mol. The number of ether oxygens (including phenoxy) is 3. The van der Waals surface area contributed by atoms with Crippen LogP contribution in [0, 0.1) is 0 Å². The van der Waals surface area contributed by atoms with Gasteiger partial charge in [0, 0.05) is 6.20 Å². The highest BCUT2D eigenvalue weighted by Gasteiger charge is 2.18. The molecule has 6 nitrogen and oxygen atoms in total. The van der Waals surface area contributed by atoms with Crippen LogP contribution >= 0.6 is 11.6 Å². The third-order valence-corrected chi connectivity index (χ3v) is 3.13. The molecule has 1 aromatic carbocycles. The van der Waals surface area contributed by atoms with E-state index in [2.05, 4.69) is 4.98 Å². The quantitative estimate of drug-likeness (QED) is 0.935. The summed E-state index contributed by atoms with van der Waals surface area (Å²) in [5, 5.41) is 9.34. The molecule has 0 saturated heterocycles. The fourth-order valence-corrected chi connectivity index (χ4v) is 2.17. The summed E-state index contributed by atoms with van der Waals surface area (Å²) in [4.78, 5) is 14.7. The van der Waals surface area contributed by atoms with E-state index in [1.54, 1.807) is 12.1 Å². The van der Waals surface area contributed by atoms with Crippen LogP contribution in [0.2, 0.25) is 5.02 Å². The van der Waals surface area contributed by atoms with Crippen molar-refractivity contribution in [3.8, 4) is 17.2 Å². The third kappa shape index (κ3) is 2.85. The van der Waals surface area contributed by atoms with Crippen LogP contribution < -0.4 is 14.2 Å². The fourth-order valence-electron chi connectivity index (χ4n) is 1.89. The molecule has 0 amide bonds. The average Bonchev–Trinajstić information content (AvgIpc) is 2.94. The van der Waals surface area contributed by atoms with E-state index < -0.39 is 5.97 Å². The van der Waals surface area contributed by atoms with Crippen LogP contribution in [0.25, 0.3) is 0 Å². The molecule has 0 saturated carbocycles. The summed E-state index contributed by atoms with van der Waals surface area (Å²) in [6.07, 6.45) is 2.70. The lowest BCUT2D eigenvalue weighted by Crippen LogP contribution is -2.00. The van der Waals surface area contributed by atoms with Gasteiger partial charge < -0.3 is 19.3 Å². The molecule has 0 fully saturated rings. The molecule has 0 spiro atoms. The maximum Gasteiger partial charge on any atom is 0.337 e. The third-order valence-electron chi connectivity index (χ3n) is 2.85. The SMILES string of the molecule is O=C(O)c1cncc(OCc2cc(Cl)c3c(c2)OCO3)c1. The lowest BCUT2D eigenvalue weighted by atomic mass is 10.2. The van der Waals surface area contributed by atoms with Gasteiger partial charge in [0.25, 0.3) is 0 Å². The highest BCUT2D eigenvalue weighted by atomic mass is 35.5. The molecule has 0 bridgehead atoms. The standard InChI is InChI=1S/C14H10ClNO5/c15-11-1-8(2-12-13(11)21-7-20-12)6-19-10-3-9(14(17)18)4-16-5-10/h1-5H,6-7H2,(H,17,18). The van der Waals surface area contributed by atoms with Crippen molar-refractivity contribution in [2.45, 2.75) is 6.61 Å². The highest BCUT2D eigenvalue weighted by molar-refractivity contribution is 6.32. The Balaban J connectivity index is 1.75. The first-order valence-corrected chi connectivity index (χ1v) is 6.40. The molecule has 1 aliphatic rings. The summed E-state index contributed by atoms with van der Waals surface area (Å²) in [6.45, 7) is 0.352. The molecule has 0 unspecified atom stereocenters. The normalized spacial score (nSPS) is 12.2. The molecule has 0 aliphatic carbocycles. The van der Waals surface area contributed by atoms with Crippen LogP contribution in [0.3, 0.4) is 0 Å². The lowest BCUT2D eigenvalue weighted by molar-refractivity contribution is 0.0696. The summed E-state index contributed by atoms with van der Waals surface area (Å²) < 4.78 is 16.0. The van der Waals surface area contributed by atoms with E-state index in [1.807, 2.05) is 0 Å². The van der Waals surface area contributed by atoms with E-state index in [1.165, 1.54) is 18.5 Å². The number of halogens is 1. The van der Waals surface area contributed by atoms with E-state index >= 15 is 0 Å². The number of carboxylic acids is 1. The van der Waals surface area contributed by atoms with Gasteiger partial charge in [-0.25, -0.2) is 4.79 Å². The Bertz CT molecular complexity index is 704. The predicted octanol–water partition coefficient (Wildman–Crippen LogP) is 2.74. The van der Waals surface area contributed by atoms with Gasteiger partial charge in [-0.15, -0.1) is 0 Å².